The second kappa shape index (κ2) is 5.27. The van der Waals surface area contributed by atoms with Crippen LogP contribution in [-0.2, 0) is 6.54 Å². The Kier molecular flexibility index (Phi) is 3.49. The first-order valence-corrected chi connectivity index (χ1v) is 7.03. The Morgan fingerprint density at radius 3 is 3.05 bits per heavy atom. The van der Waals surface area contributed by atoms with E-state index in [2.05, 4.69) is 53.3 Å². The SMILES string of the molecule is CC1CN(Cc2cnc3ccccc3c2)C(C)CN1. The normalized spacial score (nSPS) is 24.7. The van der Waals surface area contributed by atoms with E-state index >= 15 is 0 Å². The number of nitrogens with zero attached hydrogens (tertiary/aromatic N) is 2. The smallest absolute Gasteiger partial charge is 0.0702 e. The van der Waals surface area contributed by atoms with Gasteiger partial charge in [0.05, 0.1) is 5.52 Å². The lowest BCUT2D eigenvalue weighted by Crippen LogP contribution is -2.53. The van der Waals surface area contributed by atoms with Gasteiger partial charge in [-0.1, -0.05) is 18.2 Å². The number of nitrogens with one attached hydrogen (secondary N) is 1. The molecule has 1 N–H and O–H groups in total. The number of hydrogen-bond donors (Lipinski definition) is 1. The van der Waals surface area contributed by atoms with Crippen LogP contribution in [0.3, 0.4) is 0 Å². The second-order valence-electron chi connectivity index (χ2n) is 5.62. The van der Waals surface area contributed by atoms with Gasteiger partial charge in [0.15, 0.2) is 0 Å². The van der Waals surface area contributed by atoms with E-state index in [9.17, 15) is 0 Å². The van der Waals surface area contributed by atoms with Crippen LogP contribution in [0.1, 0.15) is 19.4 Å². The van der Waals surface area contributed by atoms with E-state index in [-0.39, 0.29) is 0 Å². The van der Waals surface area contributed by atoms with E-state index in [1.54, 1.807) is 0 Å². The molecule has 1 aliphatic rings. The lowest BCUT2D eigenvalue weighted by atomic mass is 10.1. The minimum absolute atomic E-state index is 0.574. The van der Waals surface area contributed by atoms with Crippen LogP contribution < -0.4 is 5.32 Å². The number of para-hydroxylation sites is 1. The van der Waals surface area contributed by atoms with Crippen molar-refractivity contribution in [2.45, 2.75) is 32.5 Å². The molecule has 1 aromatic heterocycles. The molecular weight excluding hydrogens is 234 g/mol. The van der Waals surface area contributed by atoms with Gasteiger partial charge in [-0.15, -0.1) is 0 Å². The summed E-state index contributed by atoms with van der Waals surface area (Å²) in [6.07, 6.45) is 2.02. The molecule has 1 aliphatic heterocycles. The molecule has 19 heavy (non-hydrogen) atoms. The summed E-state index contributed by atoms with van der Waals surface area (Å²) in [5.41, 5.74) is 2.38. The molecule has 0 bridgehead atoms. The van der Waals surface area contributed by atoms with E-state index in [0.717, 1.165) is 25.2 Å². The van der Waals surface area contributed by atoms with Crippen molar-refractivity contribution in [3.8, 4) is 0 Å². The van der Waals surface area contributed by atoms with Gasteiger partial charge < -0.3 is 5.32 Å². The lowest BCUT2D eigenvalue weighted by molar-refractivity contribution is 0.139. The molecule has 2 unspecified atom stereocenters. The Labute approximate surface area is 114 Å². The number of rotatable bonds is 2. The van der Waals surface area contributed by atoms with Gasteiger partial charge in [-0.3, -0.25) is 9.88 Å². The van der Waals surface area contributed by atoms with Crippen molar-refractivity contribution >= 4 is 10.9 Å². The van der Waals surface area contributed by atoms with Crippen LogP contribution in [0.15, 0.2) is 36.5 Å². The van der Waals surface area contributed by atoms with Crippen molar-refractivity contribution < 1.29 is 0 Å². The van der Waals surface area contributed by atoms with Gasteiger partial charge >= 0.3 is 0 Å². The zero-order valence-electron chi connectivity index (χ0n) is 11.6. The fraction of sp³-hybridized carbons (Fsp3) is 0.438. The van der Waals surface area contributed by atoms with Gasteiger partial charge in [0.25, 0.3) is 0 Å². The van der Waals surface area contributed by atoms with Gasteiger partial charge in [-0.25, -0.2) is 0 Å². The molecule has 2 atom stereocenters. The van der Waals surface area contributed by atoms with Crippen LogP contribution in [0.2, 0.25) is 0 Å². The van der Waals surface area contributed by atoms with Crippen LogP contribution in [0.4, 0.5) is 0 Å². The van der Waals surface area contributed by atoms with Crippen molar-refractivity contribution in [2.75, 3.05) is 13.1 Å². The van der Waals surface area contributed by atoms with Gasteiger partial charge in [0.2, 0.25) is 0 Å². The molecule has 0 aliphatic carbocycles. The molecular formula is C16H21N3. The van der Waals surface area contributed by atoms with E-state index in [0.29, 0.717) is 12.1 Å². The van der Waals surface area contributed by atoms with Crippen molar-refractivity contribution in [3.63, 3.8) is 0 Å². The van der Waals surface area contributed by atoms with Crippen molar-refractivity contribution in [3.05, 3.63) is 42.1 Å². The van der Waals surface area contributed by atoms with Gasteiger partial charge in [0.1, 0.15) is 0 Å². The molecule has 0 spiro atoms. The second-order valence-corrected chi connectivity index (χ2v) is 5.62. The van der Waals surface area contributed by atoms with E-state index in [1.807, 2.05) is 12.3 Å². The highest BCUT2D eigenvalue weighted by Gasteiger charge is 2.22. The van der Waals surface area contributed by atoms with Gasteiger partial charge in [0, 0.05) is 43.3 Å². The first-order valence-electron chi connectivity index (χ1n) is 7.03. The van der Waals surface area contributed by atoms with Gasteiger partial charge in [-0.2, -0.15) is 0 Å². The molecule has 3 heteroatoms. The van der Waals surface area contributed by atoms with Crippen LogP contribution in [0.25, 0.3) is 10.9 Å². The Hall–Kier alpha value is -1.45. The molecule has 1 saturated heterocycles. The highest BCUT2D eigenvalue weighted by Crippen LogP contribution is 2.16. The fourth-order valence-corrected chi connectivity index (χ4v) is 2.76. The summed E-state index contributed by atoms with van der Waals surface area (Å²) in [6, 6.07) is 11.7. The Bertz CT molecular complexity index is 567. The first kappa shape index (κ1) is 12.6. The highest BCUT2D eigenvalue weighted by molar-refractivity contribution is 5.78. The minimum atomic E-state index is 0.574. The molecule has 1 fully saturated rings. The average molecular weight is 255 g/mol. The van der Waals surface area contributed by atoms with Crippen molar-refractivity contribution in [1.82, 2.24) is 15.2 Å². The zero-order chi connectivity index (χ0) is 13.2. The zero-order valence-corrected chi connectivity index (χ0v) is 11.6. The molecule has 0 saturated carbocycles. The molecule has 2 heterocycles. The summed E-state index contributed by atoms with van der Waals surface area (Å²) in [6.45, 7) is 7.70. The third kappa shape index (κ3) is 2.77. The molecule has 0 amide bonds. The number of aromatic nitrogens is 1. The molecule has 0 radical (unpaired) electrons. The Balaban J connectivity index is 1.80. The highest BCUT2D eigenvalue weighted by atomic mass is 15.2. The maximum Gasteiger partial charge on any atom is 0.0702 e. The van der Waals surface area contributed by atoms with E-state index in [4.69, 9.17) is 0 Å². The predicted octanol–water partition coefficient (Wildman–Crippen LogP) is 2.42. The first-order chi connectivity index (χ1) is 9.22. The minimum Gasteiger partial charge on any atom is -0.311 e. The standard InChI is InChI=1S/C16H21N3/c1-12-10-19(13(2)8-17-12)11-14-7-15-5-3-4-6-16(15)18-9-14/h3-7,9,12-13,17H,8,10-11H2,1-2H3. The number of fused-ring (bicyclic) bond motifs is 1. The van der Waals surface area contributed by atoms with Crippen LogP contribution in [0.5, 0.6) is 0 Å². The summed E-state index contributed by atoms with van der Waals surface area (Å²) in [5, 5.41) is 4.75. The molecule has 3 nitrogen and oxygen atoms in total. The summed E-state index contributed by atoms with van der Waals surface area (Å²) in [5.74, 6) is 0. The van der Waals surface area contributed by atoms with Crippen molar-refractivity contribution in [2.24, 2.45) is 0 Å². The van der Waals surface area contributed by atoms with E-state index < -0.39 is 0 Å². The molecule has 2 aromatic rings. The summed E-state index contributed by atoms with van der Waals surface area (Å²) >= 11 is 0. The number of piperazine rings is 1. The molecule has 1 aromatic carbocycles. The van der Waals surface area contributed by atoms with Crippen molar-refractivity contribution in [1.29, 1.82) is 0 Å². The quantitative estimate of drug-likeness (QED) is 0.893. The number of pyridine rings is 1. The van der Waals surface area contributed by atoms with E-state index in [1.165, 1.54) is 10.9 Å². The van der Waals surface area contributed by atoms with Crippen LogP contribution >= 0.6 is 0 Å². The average Bonchev–Trinajstić information content (AvgIpc) is 2.43. The largest absolute Gasteiger partial charge is 0.311 e. The maximum absolute atomic E-state index is 4.55. The summed E-state index contributed by atoms with van der Waals surface area (Å²) in [4.78, 5) is 7.08. The lowest BCUT2D eigenvalue weighted by Gasteiger charge is -2.37. The summed E-state index contributed by atoms with van der Waals surface area (Å²) in [7, 11) is 0. The monoisotopic (exact) mass is 255 g/mol. The van der Waals surface area contributed by atoms with Crippen LogP contribution in [-0.4, -0.2) is 35.1 Å². The maximum atomic E-state index is 4.55. The van der Waals surface area contributed by atoms with Gasteiger partial charge in [-0.05, 0) is 31.5 Å². The third-order valence-electron chi connectivity index (χ3n) is 3.93. The topological polar surface area (TPSA) is 28.2 Å². The predicted molar refractivity (Wildman–Crippen MR) is 79.1 cm³/mol. The third-order valence-corrected chi connectivity index (χ3v) is 3.93. The molecule has 3 rings (SSSR count). The Morgan fingerprint density at radius 2 is 2.16 bits per heavy atom. The van der Waals surface area contributed by atoms with Crippen LogP contribution in [0, 0.1) is 0 Å². The number of hydrogen-bond acceptors (Lipinski definition) is 3. The summed E-state index contributed by atoms with van der Waals surface area (Å²) < 4.78 is 0. The fourth-order valence-electron chi connectivity index (χ4n) is 2.76. The Morgan fingerprint density at radius 1 is 1.32 bits per heavy atom. The molecule has 100 valence electrons. The number of benzene rings is 1.